The van der Waals surface area contributed by atoms with Gasteiger partial charge in [0.2, 0.25) is 0 Å². The Morgan fingerprint density at radius 3 is 1.42 bits per heavy atom. The van der Waals surface area contributed by atoms with Gasteiger partial charge >= 0.3 is 0 Å². The molecule has 0 spiro atoms. The highest BCUT2D eigenvalue weighted by Gasteiger charge is 2.14. The lowest BCUT2D eigenvalue weighted by Gasteiger charge is -2.11. The molecule has 0 aliphatic carbocycles. The van der Waals surface area contributed by atoms with Gasteiger partial charge < -0.3 is 0 Å². The first-order valence-electron chi connectivity index (χ1n) is 17.4. The maximum atomic E-state index is 5.03. The van der Waals surface area contributed by atoms with Crippen molar-refractivity contribution in [1.29, 1.82) is 0 Å². The molecule has 0 aliphatic heterocycles. The Labute approximate surface area is 302 Å². The molecule has 0 atom stereocenters. The number of nitrogens with zero attached hydrogens (tertiary/aromatic N) is 4. The summed E-state index contributed by atoms with van der Waals surface area (Å²) in [5, 5.41) is 2.40. The second-order valence-electron chi connectivity index (χ2n) is 12.7. The van der Waals surface area contributed by atoms with E-state index in [2.05, 4.69) is 152 Å². The lowest BCUT2D eigenvalue weighted by Crippen LogP contribution is -2.00. The molecule has 0 saturated carbocycles. The van der Waals surface area contributed by atoms with Crippen molar-refractivity contribution < 1.29 is 0 Å². The van der Waals surface area contributed by atoms with Gasteiger partial charge in [-0.2, -0.15) is 0 Å². The van der Waals surface area contributed by atoms with Gasteiger partial charge in [0.25, 0.3) is 0 Å². The van der Waals surface area contributed by atoms with Crippen molar-refractivity contribution in [3.8, 4) is 78.8 Å². The van der Waals surface area contributed by atoms with Crippen molar-refractivity contribution in [2.75, 3.05) is 0 Å². The zero-order chi connectivity index (χ0) is 34.7. The molecule has 7 aromatic carbocycles. The van der Waals surface area contributed by atoms with Crippen molar-refractivity contribution in [2.45, 2.75) is 0 Å². The van der Waals surface area contributed by atoms with E-state index in [0.717, 1.165) is 55.8 Å². The first-order valence-corrected chi connectivity index (χ1v) is 17.4. The first kappa shape index (κ1) is 31.0. The summed E-state index contributed by atoms with van der Waals surface area (Å²) in [4.78, 5) is 19.7. The van der Waals surface area contributed by atoms with Crippen molar-refractivity contribution in [3.63, 3.8) is 0 Å². The average Bonchev–Trinajstić information content (AvgIpc) is 3.24. The van der Waals surface area contributed by atoms with Crippen LogP contribution < -0.4 is 0 Å². The van der Waals surface area contributed by atoms with Crippen LogP contribution in [0.4, 0.5) is 0 Å². The van der Waals surface area contributed by atoms with Crippen molar-refractivity contribution in [3.05, 3.63) is 194 Å². The minimum absolute atomic E-state index is 0.628. The van der Waals surface area contributed by atoms with Crippen LogP contribution in [0.5, 0.6) is 0 Å². The van der Waals surface area contributed by atoms with Gasteiger partial charge in [-0.1, -0.05) is 164 Å². The van der Waals surface area contributed by atoms with Crippen LogP contribution in [0.15, 0.2) is 194 Å². The molecule has 52 heavy (non-hydrogen) atoms. The van der Waals surface area contributed by atoms with E-state index >= 15 is 0 Å². The molecule has 2 aromatic heterocycles. The molecule has 0 saturated heterocycles. The van der Waals surface area contributed by atoms with Gasteiger partial charge in [0.05, 0.1) is 5.69 Å². The molecule has 0 fully saturated rings. The molecule has 2 heterocycles. The first-order chi connectivity index (χ1) is 25.7. The van der Waals surface area contributed by atoms with E-state index < -0.39 is 0 Å². The third-order valence-electron chi connectivity index (χ3n) is 9.39. The predicted molar refractivity (Wildman–Crippen MR) is 213 cm³/mol. The zero-order valence-electron chi connectivity index (χ0n) is 28.3. The Hall–Kier alpha value is -7.04. The topological polar surface area (TPSA) is 51.6 Å². The molecule has 0 amide bonds. The van der Waals surface area contributed by atoms with Crippen LogP contribution in [0.3, 0.4) is 0 Å². The molecule has 4 heteroatoms. The Kier molecular flexibility index (Phi) is 8.16. The summed E-state index contributed by atoms with van der Waals surface area (Å²) in [5.74, 6) is 1.90. The number of benzene rings is 7. The average molecular weight is 665 g/mol. The number of hydrogen-bond acceptors (Lipinski definition) is 4. The van der Waals surface area contributed by atoms with E-state index in [1.807, 2.05) is 42.6 Å². The standard InChI is InChI=1S/C48H32N4/c1-3-12-33(13-4-1)34-24-26-37(27-25-34)47-50-46(36-15-5-2-6-16-36)51-48(52-47)42-21-10-20-40(31-42)38-18-9-19-39(30-38)41-28-29-49-45(32-41)44-23-11-17-35-14-7-8-22-43(35)44/h1-32H. The minimum Gasteiger partial charge on any atom is -0.256 e. The van der Waals surface area contributed by atoms with Crippen molar-refractivity contribution in [2.24, 2.45) is 0 Å². The SMILES string of the molecule is c1ccc(-c2ccc(-c3nc(-c4ccccc4)nc(-c4cccc(-c5cccc(-c6ccnc(-c7cccc8ccccc78)c6)c5)c4)n3)cc2)cc1. The van der Waals surface area contributed by atoms with Crippen molar-refractivity contribution in [1.82, 2.24) is 19.9 Å². The van der Waals surface area contributed by atoms with Gasteiger partial charge in [0.1, 0.15) is 0 Å². The summed E-state index contributed by atoms with van der Waals surface area (Å²) in [6.07, 6.45) is 1.90. The third kappa shape index (κ3) is 6.26. The van der Waals surface area contributed by atoms with E-state index in [9.17, 15) is 0 Å². The van der Waals surface area contributed by atoms with Crippen LogP contribution >= 0.6 is 0 Å². The van der Waals surface area contributed by atoms with Crippen LogP contribution in [0.2, 0.25) is 0 Å². The Morgan fingerprint density at radius 1 is 0.288 bits per heavy atom. The van der Waals surface area contributed by atoms with E-state index in [4.69, 9.17) is 19.9 Å². The smallest absolute Gasteiger partial charge is 0.164 e. The Bertz CT molecular complexity index is 2660. The van der Waals surface area contributed by atoms with Crippen molar-refractivity contribution >= 4 is 10.8 Å². The number of pyridine rings is 1. The summed E-state index contributed by atoms with van der Waals surface area (Å²) in [7, 11) is 0. The van der Waals surface area contributed by atoms with Gasteiger partial charge in [-0.3, -0.25) is 4.98 Å². The van der Waals surface area contributed by atoms with Gasteiger partial charge in [-0.05, 0) is 68.4 Å². The van der Waals surface area contributed by atoms with Gasteiger partial charge in [0.15, 0.2) is 17.5 Å². The molecule has 9 aromatic rings. The molecular formula is C48H32N4. The van der Waals surface area contributed by atoms with Crippen LogP contribution in [0, 0.1) is 0 Å². The largest absolute Gasteiger partial charge is 0.256 e. The van der Waals surface area contributed by atoms with Crippen LogP contribution in [0.25, 0.3) is 89.6 Å². The Morgan fingerprint density at radius 2 is 0.731 bits per heavy atom. The minimum atomic E-state index is 0.628. The highest BCUT2D eigenvalue weighted by atomic mass is 15.0. The van der Waals surface area contributed by atoms with Crippen LogP contribution in [-0.2, 0) is 0 Å². The number of aromatic nitrogens is 4. The molecule has 0 radical (unpaired) electrons. The fraction of sp³-hybridized carbons (Fsp3) is 0. The maximum Gasteiger partial charge on any atom is 0.164 e. The summed E-state index contributed by atoms with van der Waals surface area (Å²) in [6.45, 7) is 0. The zero-order valence-corrected chi connectivity index (χ0v) is 28.3. The summed E-state index contributed by atoms with van der Waals surface area (Å²) >= 11 is 0. The predicted octanol–water partition coefficient (Wildman–Crippen LogP) is 12.1. The number of hydrogen-bond donors (Lipinski definition) is 0. The normalized spacial score (nSPS) is 11.1. The quantitative estimate of drug-likeness (QED) is 0.170. The van der Waals surface area contributed by atoms with Gasteiger partial charge in [0, 0.05) is 28.5 Å². The van der Waals surface area contributed by atoms with E-state index in [0.29, 0.717) is 17.5 Å². The fourth-order valence-corrected chi connectivity index (χ4v) is 6.72. The molecular weight excluding hydrogens is 633 g/mol. The lowest BCUT2D eigenvalue weighted by atomic mass is 9.96. The molecule has 9 rings (SSSR count). The number of fused-ring (bicyclic) bond motifs is 1. The Balaban J connectivity index is 1.08. The second kappa shape index (κ2) is 13.7. The monoisotopic (exact) mass is 664 g/mol. The maximum absolute atomic E-state index is 5.03. The van der Waals surface area contributed by atoms with E-state index in [-0.39, 0.29) is 0 Å². The second-order valence-corrected chi connectivity index (χ2v) is 12.7. The fourth-order valence-electron chi connectivity index (χ4n) is 6.72. The summed E-state index contributed by atoms with van der Waals surface area (Å²) in [5.41, 5.74) is 11.6. The molecule has 0 aliphatic rings. The molecule has 0 unspecified atom stereocenters. The molecule has 4 nitrogen and oxygen atoms in total. The summed E-state index contributed by atoms with van der Waals surface area (Å²) < 4.78 is 0. The third-order valence-corrected chi connectivity index (χ3v) is 9.39. The summed E-state index contributed by atoms with van der Waals surface area (Å²) in [6, 6.07) is 65.1. The van der Waals surface area contributed by atoms with Gasteiger partial charge in [-0.25, -0.2) is 15.0 Å². The van der Waals surface area contributed by atoms with Gasteiger partial charge in [-0.15, -0.1) is 0 Å². The highest BCUT2D eigenvalue weighted by molar-refractivity contribution is 5.96. The van der Waals surface area contributed by atoms with E-state index in [1.165, 1.54) is 16.3 Å². The van der Waals surface area contributed by atoms with E-state index in [1.54, 1.807) is 0 Å². The van der Waals surface area contributed by atoms with Crippen LogP contribution in [-0.4, -0.2) is 19.9 Å². The lowest BCUT2D eigenvalue weighted by molar-refractivity contribution is 1.07. The number of rotatable bonds is 7. The highest BCUT2D eigenvalue weighted by Crippen LogP contribution is 2.33. The van der Waals surface area contributed by atoms with Crippen LogP contribution in [0.1, 0.15) is 0 Å². The molecule has 244 valence electrons. The molecule has 0 bridgehead atoms. The molecule has 0 N–H and O–H groups in total.